The van der Waals surface area contributed by atoms with Crippen molar-refractivity contribution in [1.29, 1.82) is 0 Å². The summed E-state index contributed by atoms with van der Waals surface area (Å²) in [5.74, 6) is -3.74. The summed E-state index contributed by atoms with van der Waals surface area (Å²) in [5.41, 5.74) is -0.861. The number of hydrogen-bond donors (Lipinski definition) is 2. The highest BCUT2D eigenvalue weighted by Gasteiger charge is 2.61. The molecule has 0 spiro atoms. The van der Waals surface area contributed by atoms with Gasteiger partial charge in [0, 0.05) is 16.6 Å². The van der Waals surface area contributed by atoms with Crippen LogP contribution in [0.15, 0.2) is 24.4 Å². The number of likely N-dealkylation sites (tertiary alicyclic amines) is 1. The van der Waals surface area contributed by atoms with E-state index in [9.17, 15) is 24.6 Å². The van der Waals surface area contributed by atoms with Crippen molar-refractivity contribution in [2.24, 2.45) is 11.8 Å². The van der Waals surface area contributed by atoms with Crippen molar-refractivity contribution in [3.63, 3.8) is 0 Å². The Morgan fingerprint density at radius 3 is 2.40 bits per heavy atom. The lowest BCUT2D eigenvalue weighted by molar-refractivity contribution is -0.150. The largest absolute Gasteiger partial charge is 0.496 e. The number of carbonyl (C=O) groups excluding carboxylic acids is 1. The number of benzene rings is 1. The lowest BCUT2D eigenvalue weighted by Crippen LogP contribution is -2.54. The molecule has 2 heterocycles. The first-order chi connectivity index (χ1) is 16.2. The molecule has 1 aromatic carbocycles. The number of carboxylic acid groups (broad SMARTS) is 2. The van der Waals surface area contributed by atoms with Crippen LogP contribution in [0.3, 0.4) is 0 Å². The predicted octanol–water partition coefficient (Wildman–Crippen LogP) is 5.26. The van der Waals surface area contributed by atoms with Crippen molar-refractivity contribution in [3.8, 4) is 5.75 Å². The number of hydrogen-bond acceptors (Lipinski definition) is 6. The van der Waals surface area contributed by atoms with Crippen molar-refractivity contribution in [2.45, 2.75) is 64.5 Å². The van der Waals surface area contributed by atoms with Gasteiger partial charge in [-0.3, -0.25) is 9.59 Å². The van der Waals surface area contributed by atoms with Gasteiger partial charge in [0.15, 0.2) is 4.47 Å². The molecule has 0 bridgehead atoms. The average molecular weight is 523 g/mol. The van der Waals surface area contributed by atoms with E-state index >= 15 is 0 Å². The molecule has 1 aliphatic heterocycles. The summed E-state index contributed by atoms with van der Waals surface area (Å²) < 4.78 is 5.74. The first-order valence-corrected chi connectivity index (χ1v) is 12.5. The molecule has 1 saturated heterocycles. The van der Waals surface area contributed by atoms with E-state index in [-0.39, 0.29) is 34.2 Å². The smallest absolute Gasteiger partial charge is 0.329 e. The first-order valence-electron chi connectivity index (χ1n) is 11.3. The number of rotatable bonds is 7. The zero-order valence-electron chi connectivity index (χ0n) is 20.7. The van der Waals surface area contributed by atoms with Crippen LogP contribution in [0.2, 0.25) is 4.47 Å². The molecular formula is C25H31ClN2O6S. The summed E-state index contributed by atoms with van der Waals surface area (Å²) in [5, 5.41) is 20.5. The minimum Gasteiger partial charge on any atom is -0.496 e. The summed E-state index contributed by atoms with van der Waals surface area (Å²) in [4.78, 5) is 45.0. The third-order valence-electron chi connectivity index (χ3n) is 6.40. The molecule has 0 radical (unpaired) electrons. The highest BCUT2D eigenvalue weighted by molar-refractivity contribution is 7.15. The van der Waals surface area contributed by atoms with Crippen molar-refractivity contribution in [3.05, 3.63) is 44.9 Å². The lowest BCUT2D eigenvalue weighted by Gasteiger charge is -2.39. The zero-order valence-corrected chi connectivity index (χ0v) is 22.2. The van der Waals surface area contributed by atoms with E-state index < -0.39 is 35.3 Å². The summed E-state index contributed by atoms with van der Waals surface area (Å²) in [6, 6.07) is 3.99. The summed E-state index contributed by atoms with van der Waals surface area (Å²) >= 11 is 7.10. The minimum atomic E-state index is -1.72. The Morgan fingerprint density at radius 2 is 1.94 bits per heavy atom. The first kappa shape index (κ1) is 26.9. The van der Waals surface area contributed by atoms with Gasteiger partial charge in [-0.25, -0.2) is 9.78 Å². The number of nitrogens with zero attached hydrogens (tertiary/aromatic N) is 2. The number of methoxy groups -OCH3 is 1. The van der Waals surface area contributed by atoms with Gasteiger partial charge in [-0.15, -0.1) is 11.3 Å². The molecule has 2 aromatic rings. The van der Waals surface area contributed by atoms with Gasteiger partial charge < -0.3 is 19.8 Å². The summed E-state index contributed by atoms with van der Waals surface area (Å²) in [7, 11) is 1.51. The van der Waals surface area contributed by atoms with E-state index in [1.165, 1.54) is 18.2 Å². The molecule has 3 atom stereocenters. The van der Waals surface area contributed by atoms with Crippen LogP contribution < -0.4 is 4.74 Å². The van der Waals surface area contributed by atoms with Crippen LogP contribution in [-0.4, -0.2) is 50.6 Å². The molecule has 2 N–H and O–H groups in total. The topological polar surface area (TPSA) is 117 Å². The Morgan fingerprint density at radius 1 is 1.29 bits per heavy atom. The molecule has 190 valence electrons. The van der Waals surface area contributed by atoms with Crippen LogP contribution in [0.4, 0.5) is 0 Å². The number of carbonyl (C=O) groups is 3. The van der Waals surface area contributed by atoms with Gasteiger partial charge in [-0.05, 0) is 41.9 Å². The van der Waals surface area contributed by atoms with E-state index in [0.717, 1.165) is 16.9 Å². The molecule has 0 saturated carbocycles. The number of thiazole rings is 1. The second-order valence-electron chi connectivity index (χ2n) is 10.4. The fourth-order valence-electron chi connectivity index (χ4n) is 5.01. The maximum absolute atomic E-state index is 14.1. The summed E-state index contributed by atoms with van der Waals surface area (Å²) in [6.45, 7) is 9.76. The Kier molecular flexibility index (Phi) is 7.53. The Hall–Kier alpha value is -2.65. The molecule has 1 aromatic heterocycles. The van der Waals surface area contributed by atoms with Crippen LogP contribution in [0.5, 0.6) is 5.75 Å². The van der Waals surface area contributed by atoms with Gasteiger partial charge in [0.25, 0.3) is 5.91 Å². The second kappa shape index (κ2) is 9.78. The SMILES string of the molecule is COc1cc(C(=O)N2[C@@H](c3cnc(Cl)s3)[C@@H](C(=O)O)C[C@@]2(CC(C)C)C(=O)O)ccc1C(C)(C)C. The molecule has 10 heteroatoms. The van der Waals surface area contributed by atoms with Crippen molar-refractivity contribution < 1.29 is 29.3 Å². The van der Waals surface area contributed by atoms with Crippen molar-refractivity contribution in [2.75, 3.05) is 7.11 Å². The zero-order chi connectivity index (χ0) is 26.3. The van der Waals surface area contributed by atoms with Crippen molar-refractivity contribution >= 4 is 40.8 Å². The molecule has 0 aliphatic carbocycles. The fraction of sp³-hybridized carbons (Fsp3) is 0.520. The van der Waals surface area contributed by atoms with E-state index in [0.29, 0.717) is 10.6 Å². The molecular weight excluding hydrogens is 492 g/mol. The van der Waals surface area contributed by atoms with E-state index in [4.69, 9.17) is 16.3 Å². The van der Waals surface area contributed by atoms with Crippen molar-refractivity contribution in [1.82, 2.24) is 9.88 Å². The molecule has 0 unspecified atom stereocenters. The van der Waals surface area contributed by atoms with Crippen LogP contribution in [0, 0.1) is 11.8 Å². The van der Waals surface area contributed by atoms with Crippen LogP contribution in [0.25, 0.3) is 0 Å². The minimum absolute atomic E-state index is 0.0953. The monoisotopic (exact) mass is 522 g/mol. The number of carboxylic acids is 2. The Labute approximate surface area is 213 Å². The molecule has 1 amide bonds. The quantitative estimate of drug-likeness (QED) is 0.509. The Bertz CT molecular complexity index is 1140. The van der Waals surface area contributed by atoms with Crippen LogP contribution >= 0.6 is 22.9 Å². The third kappa shape index (κ3) is 5.02. The molecule has 3 rings (SSSR count). The molecule has 35 heavy (non-hydrogen) atoms. The predicted molar refractivity (Wildman–Crippen MR) is 133 cm³/mol. The molecule has 1 fully saturated rings. The van der Waals surface area contributed by atoms with E-state index in [1.54, 1.807) is 18.2 Å². The molecule has 1 aliphatic rings. The van der Waals surface area contributed by atoms with Gasteiger partial charge in [-0.2, -0.15) is 0 Å². The highest BCUT2D eigenvalue weighted by Crippen LogP contribution is 2.52. The average Bonchev–Trinajstić information content (AvgIpc) is 3.33. The van der Waals surface area contributed by atoms with Gasteiger partial charge in [0.1, 0.15) is 11.3 Å². The number of halogens is 1. The highest BCUT2D eigenvalue weighted by atomic mass is 35.5. The maximum Gasteiger partial charge on any atom is 0.329 e. The fourth-order valence-corrected chi connectivity index (χ4v) is 6.12. The normalized spacial score (nSPS) is 22.5. The van der Waals surface area contributed by atoms with Crippen LogP contribution in [-0.2, 0) is 15.0 Å². The van der Waals surface area contributed by atoms with Gasteiger partial charge in [0.05, 0.1) is 19.1 Å². The van der Waals surface area contributed by atoms with Gasteiger partial charge in [0.2, 0.25) is 0 Å². The maximum atomic E-state index is 14.1. The van der Waals surface area contributed by atoms with E-state index in [2.05, 4.69) is 4.98 Å². The number of aliphatic carboxylic acids is 2. The summed E-state index contributed by atoms with van der Waals surface area (Å²) in [6.07, 6.45) is 1.29. The number of ether oxygens (including phenoxy) is 1. The van der Waals surface area contributed by atoms with Gasteiger partial charge >= 0.3 is 11.9 Å². The Balaban J connectivity index is 2.25. The van der Waals surface area contributed by atoms with Gasteiger partial charge in [-0.1, -0.05) is 52.3 Å². The number of aromatic nitrogens is 1. The standard InChI is InChI=1S/C25H31ClN2O6S/c1-13(2)10-25(22(32)33)11-15(21(30)31)19(18-12-27-23(26)35-18)28(25)20(29)14-7-8-16(24(3,4)5)17(9-14)34-6/h7-9,12-13,15,19H,10-11H2,1-6H3,(H,30,31)(H,32,33)/t15-,19+,25-/m0/s1. The third-order valence-corrected chi connectivity index (χ3v) is 7.59. The van der Waals surface area contributed by atoms with Crippen LogP contribution in [0.1, 0.15) is 74.3 Å². The molecule has 8 nitrogen and oxygen atoms in total. The number of amides is 1. The van der Waals surface area contributed by atoms with E-state index in [1.807, 2.05) is 34.6 Å². The second-order valence-corrected chi connectivity index (χ2v) is 12.0. The lowest BCUT2D eigenvalue weighted by atomic mass is 9.83.